The van der Waals surface area contributed by atoms with Gasteiger partial charge in [-0.15, -0.1) is 0 Å². The van der Waals surface area contributed by atoms with Crippen molar-refractivity contribution < 1.29 is 13.2 Å². The molecule has 0 spiro atoms. The fourth-order valence-corrected chi connectivity index (χ4v) is 3.89. The van der Waals surface area contributed by atoms with Crippen molar-refractivity contribution in [2.24, 2.45) is 0 Å². The Bertz CT molecular complexity index is 598. The van der Waals surface area contributed by atoms with E-state index >= 15 is 0 Å². The van der Waals surface area contributed by atoms with Crippen LogP contribution in [0.2, 0.25) is 5.02 Å². The number of likely N-dealkylation sites (N-methyl/N-ethyl adjacent to an activating group) is 1. The maximum Gasteiger partial charge on any atom is 0.246 e. The van der Waals surface area contributed by atoms with Crippen molar-refractivity contribution in [1.29, 1.82) is 0 Å². The first-order valence-electron chi connectivity index (χ1n) is 6.18. The maximum absolute atomic E-state index is 12.7. The Morgan fingerprint density at radius 3 is 2.40 bits per heavy atom. The number of piperazine rings is 1. The standard InChI is InChI=1S/C12H18ClN3O3S/c1-15-3-5-16(6-4-15)20(17,18)12-7-9(13)10(14)8-11(12)19-2/h7-8H,3-6,14H2,1-2H3. The van der Waals surface area contributed by atoms with Gasteiger partial charge < -0.3 is 15.4 Å². The number of benzene rings is 1. The molecule has 0 aromatic heterocycles. The lowest BCUT2D eigenvalue weighted by atomic mass is 10.3. The van der Waals surface area contributed by atoms with Gasteiger partial charge in [-0.25, -0.2) is 8.42 Å². The van der Waals surface area contributed by atoms with E-state index in [1.54, 1.807) is 0 Å². The third kappa shape index (κ3) is 2.85. The number of ether oxygens (including phenoxy) is 1. The molecule has 8 heteroatoms. The lowest BCUT2D eigenvalue weighted by Crippen LogP contribution is -2.47. The quantitative estimate of drug-likeness (QED) is 0.837. The van der Waals surface area contributed by atoms with E-state index in [2.05, 4.69) is 4.90 Å². The molecule has 0 atom stereocenters. The summed E-state index contributed by atoms with van der Waals surface area (Å²) in [6.07, 6.45) is 0. The van der Waals surface area contributed by atoms with Crippen molar-refractivity contribution in [1.82, 2.24) is 9.21 Å². The van der Waals surface area contributed by atoms with Gasteiger partial charge in [-0.1, -0.05) is 11.6 Å². The fraction of sp³-hybridized carbons (Fsp3) is 0.500. The maximum atomic E-state index is 12.7. The van der Waals surface area contributed by atoms with Crippen molar-refractivity contribution in [3.63, 3.8) is 0 Å². The van der Waals surface area contributed by atoms with Gasteiger partial charge >= 0.3 is 0 Å². The number of anilines is 1. The SMILES string of the molecule is COc1cc(N)c(Cl)cc1S(=O)(=O)N1CCN(C)CC1. The van der Waals surface area contributed by atoms with Crippen LogP contribution in [0, 0.1) is 0 Å². The monoisotopic (exact) mass is 319 g/mol. The number of methoxy groups -OCH3 is 1. The van der Waals surface area contributed by atoms with Gasteiger partial charge in [-0.05, 0) is 13.1 Å². The van der Waals surface area contributed by atoms with Crippen molar-refractivity contribution in [3.8, 4) is 5.75 Å². The van der Waals surface area contributed by atoms with Crippen LogP contribution in [0.1, 0.15) is 0 Å². The van der Waals surface area contributed by atoms with Crippen LogP contribution in [0.5, 0.6) is 5.75 Å². The van der Waals surface area contributed by atoms with E-state index in [9.17, 15) is 8.42 Å². The first-order valence-corrected chi connectivity index (χ1v) is 7.99. The zero-order valence-electron chi connectivity index (χ0n) is 11.5. The van der Waals surface area contributed by atoms with E-state index in [4.69, 9.17) is 22.1 Å². The van der Waals surface area contributed by atoms with Gasteiger partial charge in [0.2, 0.25) is 10.0 Å². The predicted octanol–water partition coefficient (Wildman–Crippen LogP) is 0.867. The summed E-state index contributed by atoms with van der Waals surface area (Å²) >= 11 is 5.94. The molecule has 2 rings (SSSR count). The lowest BCUT2D eigenvalue weighted by Gasteiger charge is -2.31. The predicted molar refractivity (Wildman–Crippen MR) is 78.7 cm³/mol. The fourth-order valence-electron chi connectivity index (χ4n) is 2.08. The topological polar surface area (TPSA) is 75.9 Å². The molecular formula is C12H18ClN3O3S. The number of sulfonamides is 1. The second-order valence-electron chi connectivity index (χ2n) is 4.73. The van der Waals surface area contributed by atoms with Gasteiger partial charge in [0.15, 0.2) is 0 Å². The molecule has 1 aliphatic heterocycles. The summed E-state index contributed by atoms with van der Waals surface area (Å²) < 4.78 is 31.9. The van der Waals surface area contributed by atoms with Crippen LogP contribution in [0.15, 0.2) is 17.0 Å². The molecule has 1 aliphatic rings. The van der Waals surface area contributed by atoms with Gasteiger partial charge in [0.1, 0.15) is 10.6 Å². The molecule has 2 N–H and O–H groups in total. The van der Waals surface area contributed by atoms with Crippen LogP contribution in [0.25, 0.3) is 0 Å². The molecule has 0 unspecified atom stereocenters. The molecule has 1 aromatic rings. The Labute approximate surface area is 124 Å². The van der Waals surface area contributed by atoms with Gasteiger partial charge in [0, 0.05) is 32.2 Å². The average Bonchev–Trinajstić information content (AvgIpc) is 2.41. The Hall–Kier alpha value is -1.02. The van der Waals surface area contributed by atoms with E-state index in [-0.39, 0.29) is 15.7 Å². The van der Waals surface area contributed by atoms with Gasteiger partial charge in [-0.2, -0.15) is 4.31 Å². The van der Waals surface area contributed by atoms with Crippen LogP contribution in [-0.2, 0) is 10.0 Å². The largest absolute Gasteiger partial charge is 0.495 e. The minimum atomic E-state index is -3.63. The van der Waals surface area contributed by atoms with E-state index in [1.165, 1.54) is 23.5 Å². The molecule has 0 radical (unpaired) electrons. The van der Waals surface area contributed by atoms with Crippen molar-refractivity contribution >= 4 is 27.3 Å². The van der Waals surface area contributed by atoms with Gasteiger partial charge in [0.25, 0.3) is 0 Å². The Kier molecular flexibility index (Phi) is 4.43. The average molecular weight is 320 g/mol. The summed E-state index contributed by atoms with van der Waals surface area (Å²) in [5.74, 6) is 0.214. The highest BCUT2D eigenvalue weighted by Crippen LogP contribution is 2.33. The molecule has 112 valence electrons. The molecule has 6 nitrogen and oxygen atoms in total. The highest BCUT2D eigenvalue weighted by atomic mass is 35.5. The summed E-state index contributed by atoms with van der Waals surface area (Å²) in [6, 6.07) is 2.79. The number of nitrogens with two attached hydrogens (primary N) is 1. The smallest absolute Gasteiger partial charge is 0.246 e. The normalized spacial score (nSPS) is 18.1. The lowest BCUT2D eigenvalue weighted by molar-refractivity contribution is 0.222. The van der Waals surface area contributed by atoms with Gasteiger partial charge in [0.05, 0.1) is 17.8 Å². The first kappa shape index (κ1) is 15.4. The van der Waals surface area contributed by atoms with Crippen LogP contribution >= 0.6 is 11.6 Å². The zero-order chi connectivity index (χ0) is 14.9. The first-order chi connectivity index (χ1) is 9.36. The van der Waals surface area contributed by atoms with Crippen LogP contribution in [-0.4, -0.2) is 58.0 Å². The number of hydrogen-bond donors (Lipinski definition) is 1. The highest BCUT2D eigenvalue weighted by Gasteiger charge is 2.30. The molecule has 1 aromatic carbocycles. The summed E-state index contributed by atoms with van der Waals surface area (Å²) in [4.78, 5) is 2.14. The van der Waals surface area contributed by atoms with Crippen molar-refractivity contribution in [3.05, 3.63) is 17.2 Å². The second-order valence-corrected chi connectivity index (χ2v) is 7.05. The Balaban J connectivity index is 2.41. The molecule has 0 bridgehead atoms. The Morgan fingerprint density at radius 1 is 1.25 bits per heavy atom. The molecule has 1 fully saturated rings. The summed E-state index contributed by atoms with van der Waals surface area (Å²) in [6.45, 7) is 2.29. The van der Waals surface area contributed by atoms with E-state index in [1.807, 2.05) is 7.05 Å². The zero-order valence-corrected chi connectivity index (χ0v) is 13.0. The number of hydrogen-bond acceptors (Lipinski definition) is 5. The van der Waals surface area contributed by atoms with Crippen LogP contribution < -0.4 is 10.5 Å². The summed E-state index contributed by atoms with van der Waals surface area (Å²) in [5, 5.41) is 0.207. The highest BCUT2D eigenvalue weighted by molar-refractivity contribution is 7.89. The Morgan fingerprint density at radius 2 is 1.85 bits per heavy atom. The number of nitrogens with zero attached hydrogens (tertiary/aromatic N) is 2. The molecule has 20 heavy (non-hydrogen) atoms. The molecule has 0 saturated carbocycles. The van der Waals surface area contributed by atoms with Crippen molar-refractivity contribution in [2.75, 3.05) is 46.1 Å². The molecule has 0 aliphatic carbocycles. The van der Waals surface area contributed by atoms with E-state index < -0.39 is 10.0 Å². The van der Waals surface area contributed by atoms with Gasteiger partial charge in [-0.3, -0.25) is 0 Å². The van der Waals surface area contributed by atoms with E-state index in [0.717, 1.165) is 0 Å². The molecular weight excluding hydrogens is 302 g/mol. The minimum Gasteiger partial charge on any atom is -0.495 e. The summed E-state index contributed by atoms with van der Waals surface area (Å²) in [5.41, 5.74) is 5.97. The third-order valence-electron chi connectivity index (χ3n) is 3.36. The number of rotatable bonds is 3. The van der Waals surface area contributed by atoms with Crippen LogP contribution in [0.4, 0.5) is 5.69 Å². The van der Waals surface area contributed by atoms with Crippen molar-refractivity contribution in [2.45, 2.75) is 4.90 Å². The third-order valence-corrected chi connectivity index (χ3v) is 5.61. The molecule has 0 amide bonds. The minimum absolute atomic E-state index is 0.0590. The van der Waals surface area contributed by atoms with Crippen LogP contribution in [0.3, 0.4) is 0 Å². The van der Waals surface area contributed by atoms with E-state index in [0.29, 0.717) is 31.9 Å². The number of nitrogen functional groups attached to an aromatic ring is 1. The number of halogens is 1. The molecule has 1 heterocycles. The summed E-state index contributed by atoms with van der Waals surface area (Å²) in [7, 11) is -0.254. The molecule has 1 saturated heterocycles. The second kappa shape index (κ2) is 5.77.